The first kappa shape index (κ1) is 38.8. The number of hydrogen-bond donors (Lipinski definition) is 4. The van der Waals surface area contributed by atoms with Crippen molar-refractivity contribution in [1.82, 2.24) is 20.4 Å². The van der Waals surface area contributed by atoms with E-state index in [0.29, 0.717) is 37.1 Å². The van der Waals surface area contributed by atoms with Crippen LogP contribution in [-0.4, -0.2) is 79.4 Å². The Balaban J connectivity index is 0.826. The quantitative estimate of drug-likeness (QED) is 0.0673. The molecule has 1 aromatic heterocycles. The zero-order valence-corrected chi connectivity index (χ0v) is 33.6. The van der Waals surface area contributed by atoms with E-state index in [2.05, 4.69) is 114 Å². The second kappa shape index (κ2) is 17.6. The number of piperidine rings is 1. The third-order valence-electron chi connectivity index (χ3n) is 10.7. The summed E-state index contributed by atoms with van der Waals surface area (Å²) >= 11 is 0. The number of fused-ring (bicyclic) bond motifs is 1. The Labute approximate surface area is 331 Å². The van der Waals surface area contributed by atoms with Crippen molar-refractivity contribution in [1.29, 1.82) is 0 Å². The predicted molar refractivity (Wildman–Crippen MR) is 228 cm³/mol. The standard InChI is InChI=1S/C46H53N5O4Si/c1-46(2,3)56(40-12-6-4-7-13-40,41-14-8-5-9-15-41)55-39-24-22-38(23-25-39)54-33-37(52)32-47-29-26-34-18-20-35(21-19-34)48-36-27-30-51(31-28-36)45(53)44-42-16-10-11-17-43(42)49-50-44/h4-25,36-37,47-48,52H,26-33H2,1-3H3,(H,49,50)/t37-/m0/s1. The molecule has 1 saturated heterocycles. The molecule has 0 unspecified atom stereocenters. The Morgan fingerprint density at radius 3 is 2.09 bits per heavy atom. The number of aromatic amines is 1. The predicted octanol–water partition coefficient (Wildman–Crippen LogP) is 6.79. The van der Waals surface area contributed by atoms with Crippen LogP contribution in [0.25, 0.3) is 10.9 Å². The zero-order chi connectivity index (χ0) is 39.0. The maximum Gasteiger partial charge on any atom is 0.319 e. The highest BCUT2D eigenvalue weighted by Crippen LogP contribution is 2.38. The summed E-state index contributed by atoms with van der Waals surface area (Å²) in [4.78, 5) is 15.1. The van der Waals surface area contributed by atoms with Crippen LogP contribution in [0.3, 0.4) is 0 Å². The van der Waals surface area contributed by atoms with E-state index in [0.717, 1.165) is 48.1 Å². The van der Waals surface area contributed by atoms with Crippen LogP contribution in [0.1, 0.15) is 49.7 Å². The van der Waals surface area contributed by atoms with Crippen LogP contribution in [0, 0.1) is 0 Å². The molecule has 4 N–H and O–H groups in total. The normalized spacial score (nSPS) is 14.4. The third kappa shape index (κ3) is 8.99. The van der Waals surface area contributed by atoms with Crippen LogP contribution in [0.4, 0.5) is 5.69 Å². The molecule has 56 heavy (non-hydrogen) atoms. The van der Waals surface area contributed by atoms with Crippen molar-refractivity contribution in [2.75, 3.05) is 38.1 Å². The van der Waals surface area contributed by atoms with Gasteiger partial charge in [0, 0.05) is 36.7 Å². The van der Waals surface area contributed by atoms with Gasteiger partial charge in [0.1, 0.15) is 24.2 Å². The average Bonchev–Trinajstić information content (AvgIpc) is 3.66. The molecule has 6 aromatic rings. The summed E-state index contributed by atoms with van der Waals surface area (Å²) in [6, 6.07) is 45.6. The third-order valence-corrected chi connectivity index (χ3v) is 15.7. The van der Waals surface area contributed by atoms with Gasteiger partial charge in [0.15, 0.2) is 5.69 Å². The van der Waals surface area contributed by atoms with E-state index in [1.807, 2.05) is 65.6 Å². The van der Waals surface area contributed by atoms with Crippen molar-refractivity contribution < 1.29 is 19.1 Å². The number of aliphatic hydroxyl groups excluding tert-OH is 1. The van der Waals surface area contributed by atoms with Gasteiger partial charge in [-0.25, -0.2) is 0 Å². The second-order valence-corrected chi connectivity index (χ2v) is 19.9. The van der Waals surface area contributed by atoms with Crippen LogP contribution >= 0.6 is 0 Å². The number of likely N-dealkylation sites (tertiary alicyclic amines) is 1. The molecule has 0 spiro atoms. The minimum absolute atomic E-state index is 0.0116. The van der Waals surface area contributed by atoms with Gasteiger partial charge in [0.2, 0.25) is 0 Å². The molecule has 1 amide bonds. The summed E-state index contributed by atoms with van der Waals surface area (Å²) in [7, 11) is -2.72. The summed E-state index contributed by atoms with van der Waals surface area (Å²) in [6.07, 6.45) is 1.97. The Morgan fingerprint density at radius 2 is 1.45 bits per heavy atom. The lowest BCUT2D eigenvalue weighted by atomic mass is 10.0. The Morgan fingerprint density at radius 1 is 0.839 bits per heavy atom. The Kier molecular flexibility index (Phi) is 12.2. The van der Waals surface area contributed by atoms with Gasteiger partial charge in [-0.3, -0.25) is 9.89 Å². The van der Waals surface area contributed by atoms with E-state index in [1.54, 1.807) is 0 Å². The number of carbonyl (C=O) groups is 1. The summed E-state index contributed by atoms with van der Waals surface area (Å²) in [5.74, 6) is 1.48. The Hall–Kier alpha value is -5.42. The molecule has 0 radical (unpaired) electrons. The number of benzene rings is 5. The molecular formula is C46H53N5O4Si. The number of aromatic nitrogens is 2. The number of carbonyl (C=O) groups excluding carboxylic acids is 1. The van der Waals surface area contributed by atoms with Crippen molar-refractivity contribution in [3.8, 4) is 11.5 Å². The molecule has 0 bridgehead atoms. The fourth-order valence-corrected chi connectivity index (χ4v) is 12.1. The van der Waals surface area contributed by atoms with Gasteiger partial charge in [-0.05, 0) is 89.2 Å². The first-order chi connectivity index (χ1) is 27.2. The van der Waals surface area contributed by atoms with E-state index in [1.165, 1.54) is 15.9 Å². The molecular weight excluding hydrogens is 715 g/mol. The first-order valence-electron chi connectivity index (χ1n) is 19.7. The van der Waals surface area contributed by atoms with Crippen LogP contribution in [0.5, 0.6) is 11.5 Å². The first-order valence-corrected chi connectivity index (χ1v) is 21.6. The van der Waals surface area contributed by atoms with E-state index in [4.69, 9.17) is 9.16 Å². The van der Waals surface area contributed by atoms with E-state index >= 15 is 0 Å². The van der Waals surface area contributed by atoms with E-state index in [-0.39, 0.29) is 17.6 Å². The largest absolute Gasteiger partial charge is 0.534 e. The number of H-pyrrole nitrogens is 1. The molecule has 9 nitrogen and oxygen atoms in total. The van der Waals surface area contributed by atoms with Gasteiger partial charge in [-0.2, -0.15) is 5.10 Å². The molecule has 0 aliphatic carbocycles. The molecule has 0 saturated carbocycles. The van der Waals surface area contributed by atoms with Crippen LogP contribution in [0.15, 0.2) is 133 Å². The zero-order valence-electron chi connectivity index (χ0n) is 32.6. The Bertz CT molecular complexity index is 2110. The molecule has 1 fully saturated rings. The van der Waals surface area contributed by atoms with Gasteiger partial charge < -0.3 is 29.8 Å². The lowest BCUT2D eigenvalue weighted by Crippen LogP contribution is -2.68. The number of nitrogens with one attached hydrogen (secondary N) is 3. The summed E-state index contributed by atoms with van der Waals surface area (Å²) in [5, 5.41) is 28.1. The fraction of sp³-hybridized carbons (Fsp3) is 0.304. The van der Waals surface area contributed by atoms with Crippen LogP contribution in [0.2, 0.25) is 5.04 Å². The summed E-state index contributed by atoms with van der Waals surface area (Å²) in [5.41, 5.74) is 3.69. The monoisotopic (exact) mass is 767 g/mol. The number of hydrogen-bond acceptors (Lipinski definition) is 7. The number of amides is 1. The van der Waals surface area contributed by atoms with Crippen molar-refractivity contribution in [2.45, 2.75) is 57.2 Å². The van der Waals surface area contributed by atoms with Gasteiger partial charge in [0.25, 0.3) is 5.91 Å². The number of ether oxygens (including phenoxy) is 1. The summed E-state index contributed by atoms with van der Waals surface area (Å²) in [6.45, 7) is 9.57. The molecule has 290 valence electrons. The molecule has 1 aliphatic rings. The van der Waals surface area contributed by atoms with Crippen LogP contribution < -0.4 is 30.2 Å². The molecule has 7 rings (SSSR count). The smallest absolute Gasteiger partial charge is 0.319 e. The minimum Gasteiger partial charge on any atom is -0.534 e. The van der Waals surface area contributed by atoms with Crippen molar-refractivity contribution in [3.05, 3.63) is 145 Å². The number of para-hydroxylation sites is 1. The maximum absolute atomic E-state index is 13.1. The molecule has 1 aliphatic heterocycles. The van der Waals surface area contributed by atoms with E-state index < -0.39 is 14.4 Å². The fourth-order valence-electron chi connectivity index (χ4n) is 7.69. The number of rotatable bonds is 15. The highest BCUT2D eigenvalue weighted by atomic mass is 28.4. The van der Waals surface area contributed by atoms with Crippen molar-refractivity contribution in [3.63, 3.8) is 0 Å². The number of nitrogens with zero attached hydrogens (tertiary/aromatic N) is 2. The van der Waals surface area contributed by atoms with Crippen LogP contribution in [-0.2, 0) is 6.42 Å². The maximum atomic E-state index is 13.1. The molecule has 10 heteroatoms. The van der Waals surface area contributed by atoms with E-state index in [9.17, 15) is 9.90 Å². The highest BCUT2D eigenvalue weighted by molar-refractivity contribution is 7.00. The second-order valence-electron chi connectivity index (χ2n) is 15.7. The topological polar surface area (TPSA) is 112 Å². The van der Waals surface area contributed by atoms with Crippen molar-refractivity contribution >= 4 is 41.2 Å². The average molecular weight is 768 g/mol. The molecule has 1 atom stereocenters. The molecule has 5 aromatic carbocycles. The summed E-state index contributed by atoms with van der Waals surface area (Å²) < 4.78 is 13.1. The minimum atomic E-state index is -2.72. The lowest BCUT2D eigenvalue weighted by Gasteiger charge is -2.43. The van der Waals surface area contributed by atoms with Gasteiger partial charge in [0.05, 0.1) is 5.52 Å². The number of anilines is 1. The van der Waals surface area contributed by atoms with Gasteiger partial charge >= 0.3 is 8.32 Å². The van der Waals surface area contributed by atoms with Crippen molar-refractivity contribution in [2.24, 2.45) is 0 Å². The highest BCUT2D eigenvalue weighted by Gasteiger charge is 2.52. The number of aliphatic hydroxyl groups is 1. The van der Waals surface area contributed by atoms with Gasteiger partial charge in [-0.15, -0.1) is 0 Å². The van der Waals surface area contributed by atoms with Gasteiger partial charge in [-0.1, -0.05) is 112 Å². The molecule has 2 heterocycles. The lowest BCUT2D eigenvalue weighted by molar-refractivity contribution is 0.0714. The SMILES string of the molecule is CC(C)(C)[Si](Oc1ccc(OC[C@@H](O)CNCCc2ccc(NC3CCN(C(=O)c4n[nH]c5ccccc45)CC3)cc2)cc1)(c1ccccc1)c1ccccc1.